The second kappa shape index (κ2) is 8.57. The van der Waals surface area contributed by atoms with Gasteiger partial charge in [-0.05, 0) is 37.3 Å². The summed E-state index contributed by atoms with van der Waals surface area (Å²) in [6.45, 7) is 3.35. The van der Waals surface area contributed by atoms with E-state index in [-0.39, 0.29) is 23.4 Å². The van der Waals surface area contributed by atoms with Crippen LogP contribution in [0.4, 0.5) is 5.69 Å². The zero-order valence-corrected chi connectivity index (χ0v) is 14.7. The van der Waals surface area contributed by atoms with Gasteiger partial charge in [0.2, 0.25) is 0 Å². The van der Waals surface area contributed by atoms with Crippen molar-refractivity contribution in [2.45, 2.75) is 44.4 Å². The van der Waals surface area contributed by atoms with E-state index in [1.165, 1.54) is 6.07 Å². The number of nitro groups is 1. The van der Waals surface area contributed by atoms with E-state index in [2.05, 4.69) is 10.2 Å². The number of hydrogen-bond donors (Lipinski definition) is 2. The number of amides is 1. The molecule has 1 amide bonds. The maximum absolute atomic E-state index is 12.6. The standard InChI is InChI=1S/C18H25N3O5/c22-15-3-7-20(8-4-15)12-13-1-2-17(21(24)25)16(11-13)18(23)19-14-5-9-26-10-6-14/h1-2,11,14-15,22H,3-10,12H2,(H,19,23). The number of hydrogen-bond acceptors (Lipinski definition) is 6. The smallest absolute Gasteiger partial charge is 0.282 e. The van der Waals surface area contributed by atoms with Crippen molar-refractivity contribution < 1.29 is 19.6 Å². The van der Waals surface area contributed by atoms with Gasteiger partial charge in [-0.15, -0.1) is 0 Å². The third kappa shape index (κ3) is 4.78. The van der Waals surface area contributed by atoms with E-state index in [1.54, 1.807) is 12.1 Å². The molecule has 0 bridgehead atoms. The summed E-state index contributed by atoms with van der Waals surface area (Å²) >= 11 is 0. The van der Waals surface area contributed by atoms with E-state index in [1.807, 2.05) is 0 Å². The third-order valence-electron chi connectivity index (χ3n) is 5.02. The van der Waals surface area contributed by atoms with Crippen molar-refractivity contribution in [3.63, 3.8) is 0 Å². The Balaban J connectivity index is 1.73. The van der Waals surface area contributed by atoms with E-state index >= 15 is 0 Å². The summed E-state index contributed by atoms with van der Waals surface area (Å²) in [7, 11) is 0. The van der Waals surface area contributed by atoms with Crippen LogP contribution in [0.2, 0.25) is 0 Å². The maximum Gasteiger partial charge on any atom is 0.282 e. The zero-order valence-electron chi connectivity index (χ0n) is 14.7. The number of nitrogens with one attached hydrogen (secondary N) is 1. The Morgan fingerprint density at radius 3 is 2.62 bits per heavy atom. The monoisotopic (exact) mass is 363 g/mol. The van der Waals surface area contributed by atoms with Gasteiger partial charge in [0, 0.05) is 45.0 Å². The van der Waals surface area contributed by atoms with Crippen LogP contribution in [0.25, 0.3) is 0 Å². The average Bonchev–Trinajstić information content (AvgIpc) is 2.64. The minimum absolute atomic E-state index is 0.0110. The van der Waals surface area contributed by atoms with Gasteiger partial charge in [-0.3, -0.25) is 19.8 Å². The Bertz CT molecular complexity index is 652. The van der Waals surface area contributed by atoms with Crippen LogP contribution in [-0.2, 0) is 11.3 Å². The fourth-order valence-electron chi connectivity index (χ4n) is 3.46. The lowest BCUT2D eigenvalue weighted by molar-refractivity contribution is -0.385. The van der Waals surface area contributed by atoms with E-state index < -0.39 is 10.8 Å². The number of carbonyl (C=O) groups is 1. The number of rotatable bonds is 5. The molecule has 0 unspecified atom stereocenters. The van der Waals surface area contributed by atoms with Crippen LogP contribution in [0.3, 0.4) is 0 Å². The molecule has 0 aromatic heterocycles. The van der Waals surface area contributed by atoms with Gasteiger partial charge in [-0.25, -0.2) is 0 Å². The van der Waals surface area contributed by atoms with Crippen molar-refractivity contribution in [1.29, 1.82) is 0 Å². The Morgan fingerprint density at radius 2 is 1.96 bits per heavy atom. The van der Waals surface area contributed by atoms with Crippen LogP contribution in [0.5, 0.6) is 0 Å². The summed E-state index contributed by atoms with van der Waals surface area (Å²) in [5.41, 5.74) is 0.799. The van der Waals surface area contributed by atoms with Crippen LogP contribution in [0.1, 0.15) is 41.6 Å². The number of likely N-dealkylation sites (tertiary alicyclic amines) is 1. The first-order valence-corrected chi connectivity index (χ1v) is 9.09. The van der Waals surface area contributed by atoms with E-state index in [0.29, 0.717) is 19.8 Å². The minimum Gasteiger partial charge on any atom is -0.393 e. The van der Waals surface area contributed by atoms with Gasteiger partial charge in [-0.1, -0.05) is 6.07 Å². The molecule has 0 spiro atoms. The molecule has 0 aliphatic carbocycles. The summed E-state index contributed by atoms with van der Waals surface area (Å²) in [5, 5.41) is 23.8. The maximum atomic E-state index is 12.6. The first-order valence-electron chi connectivity index (χ1n) is 9.09. The Labute approximate surface area is 152 Å². The van der Waals surface area contributed by atoms with Crippen LogP contribution in [0.15, 0.2) is 18.2 Å². The number of carbonyl (C=O) groups excluding carboxylic acids is 1. The van der Waals surface area contributed by atoms with E-state index in [9.17, 15) is 20.0 Å². The van der Waals surface area contributed by atoms with Gasteiger partial charge in [-0.2, -0.15) is 0 Å². The van der Waals surface area contributed by atoms with Crippen molar-refractivity contribution in [2.75, 3.05) is 26.3 Å². The second-order valence-corrected chi connectivity index (χ2v) is 6.98. The Morgan fingerprint density at radius 1 is 1.27 bits per heavy atom. The molecule has 1 aromatic rings. The van der Waals surface area contributed by atoms with Crippen LogP contribution in [-0.4, -0.2) is 59.3 Å². The highest BCUT2D eigenvalue weighted by Crippen LogP contribution is 2.23. The van der Waals surface area contributed by atoms with Gasteiger partial charge in [0.25, 0.3) is 11.6 Å². The fourth-order valence-corrected chi connectivity index (χ4v) is 3.46. The van der Waals surface area contributed by atoms with E-state index in [0.717, 1.165) is 44.3 Å². The highest BCUT2D eigenvalue weighted by molar-refractivity contribution is 5.98. The third-order valence-corrected chi connectivity index (χ3v) is 5.02. The molecule has 8 nitrogen and oxygen atoms in total. The normalized spacial score (nSPS) is 20.0. The number of nitro benzene ring substituents is 1. The summed E-state index contributed by atoms with van der Waals surface area (Å²) in [6, 6.07) is 4.72. The number of ether oxygens (including phenoxy) is 1. The fraction of sp³-hybridized carbons (Fsp3) is 0.611. The number of piperidine rings is 1. The topological polar surface area (TPSA) is 105 Å². The first-order chi connectivity index (χ1) is 12.5. The molecule has 2 aliphatic heterocycles. The molecule has 2 aliphatic rings. The Hall–Kier alpha value is -2.03. The molecule has 1 aromatic carbocycles. The molecule has 0 radical (unpaired) electrons. The predicted octanol–water partition coefficient (Wildman–Crippen LogP) is 1.46. The summed E-state index contributed by atoms with van der Waals surface area (Å²) in [4.78, 5) is 25.6. The zero-order chi connectivity index (χ0) is 18.5. The van der Waals surface area contributed by atoms with Crippen molar-refractivity contribution >= 4 is 11.6 Å². The highest BCUT2D eigenvalue weighted by atomic mass is 16.6. The van der Waals surface area contributed by atoms with Crippen molar-refractivity contribution in [3.05, 3.63) is 39.4 Å². The van der Waals surface area contributed by atoms with E-state index in [4.69, 9.17) is 4.74 Å². The molecule has 2 fully saturated rings. The predicted molar refractivity (Wildman–Crippen MR) is 94.9 cm³/mol. The lowest BCUT2D eigenvalue weighted by Gasteiger charge is -2.29. The number of nitrogens with zero attached hydrogens (tertiary/aromatic N) is 2. The second-order valence-electron chi connectivity index (χ2n) is 6.98. The average molecular weight is 363 g/mol. The SMILES string of the molecule is O=C(NC1CCOCC1)c1cc(CN2CCC(O)CC2)ccc1[N+](=O)[O-]. The lowest BCUT2D eigenvalue weighted by atomic mass is 10.0. The molecular weight excluding hydrogens is 338 g/mol. The molecule has 2 heterocycles. The van der Waals surface area contributed by atoms with Gasteiger partial charge in [0.05, 0.1) is 11.0 Å². The van der Waals surface area contributed by atoms with Crippen molar-refractivity contribution in [1.82, 2.24) is 10.2 Å². The van der Waals surface area contributed by atoms with Crippen molar-refractivity contribution in [3.8, 4) is 0 Å². The summed E-state index contributed by atoms with van der Waals surface area (Å²) in [6.07, 6.45) is 2.64. The summed E-state index contributed by atoms with van der Waals surface area (Å²) < 4.78 is 5.28. The molecule has 26 heavy (non-hydrogen) atoms. The van der Waals surface area contributed by atoms with Gasteiger partial charge in [0.15, 0.2) is 0 Å². The molecular formula is C18H25N3O5. The largest absolute Gasteiger partial charge is 0.393 e. The molecule has 8 heteroatoms. The molecule has 0 atom stereocenters. The van der Waals surface area contributed by atoms with Crippen LogP contribution >= 0.6 is 0 Å². The van der Waals surface area contributed by atoms with Crippen LogP contribution in [0, 0.1) is 10.1 Å². The summed E-state index contributed by atoms with van der Waals surface area (Å²) in [5.74, 6) is -0.403. The highest BCUT2D eigenvalue weighted by Gasteiger charge is 2.25. The first kappa shape index (κ1) is 18.8. The minimum atomic E-state index is -0.514. The van der Waals surface area contributed by atoms with Gasteiger partial charge in [0.1, 0.15) is 5.56 Å². The lowest BCUT2D eigenvalue weighted by Crippen LogP contribution is -2.39. The molecule has 0 saturated carbocycles. The number of aliphatic hydroxyl groups excluding tert-OH is 1. The number of benzene rings is 1. The van der Waals surface area contributed by atoms with Crippen LogP contribution < -0.4 is 5.32 Å². The Kier molecular flexibility index (Phi) is 6.18. The van der Waals surface area contributed by atoms with Gasteiger partial charge >= 0.3 is 0 Å². The quantitative estimate of drug-likeness (QED) is 0.606. The van der Waals surface area contributed by atoms with Gasteiger partial charge < -0.3 is 15.2 Å². The molecule has 2 saturated heterocycles. The molecule has 142 valence electrons. The van der Waals surface area contributed by atoms with Crippen molar-refractivity contribution in [2.24, 2.45) is 0 Å². The number of aliphatic hydroxyl groups is 1. The molecule has 3 rings (SSSR count). The molecule has 2 N–H and O–H groups in total.